The van der Waals surface area contributed by atoms with Crippen LogP contribution >= 0.6 is 11.6 Å². The number of hydrogen-bond donors (Lipinski definition) is 1. The number of sulfonamides is 1. The zero-order chi connectivity index (χ0) is 25.6. The molecule has 1 atom stereocenters. The van der Waals surface area contributed by atoms with E-state index in [1.165, 1.54) is 4.90 Å². The highest BCUT2D eigenvalue weighted by Crippen LogP contribution is 2.28. The van der Waals surface area contributed by atoms with Gasteiger partial charge in [0.15, 0.2) is 0 Å². The molecule has 0 spiro atoms. The summed E-state index contributed by atoms with van der Waals surface area (Å²) >= 11 is 6.21. The van der Waals surface area contributed by atoms with Crippen molar-refractivity contribution in [1.82, 2.24) is 10.2 Å². The third-order valence-corrected chi connectivity index (χ3v) is 7.18. The second kappa shape index (κ2) is 11.7. The molecule has 0 saturated heterocycles. The molecule has 0 bridgehead atoms. The highest BCUT2D eigenvalue weighted by molar-refractivity contribution is 7.92. The van der Waals surface area contributed by atoms with Crippen molar-refractivity contribution in [2.24, 2.45) is 5.92 Å². The van der Waals surface area contributed by atoms with Gasteiger partial charge >= 0.3 is 0 Å². The highest BCUT2D eigenvalue weighted by atomic mass is 35.5. The van der Waals surface area contributed by atoms with Crippen molar-refractivity contribution in [3.63, 3.8) is 0 Å². The first-order valence-electron chi connectivity index (χ1n) is 11.2. The summed E-state index contributed by atoms with van der Waals surface area (Å²) in [5, 5.41) is 3.27. The lowest BCUT2D eigenvalue weighted by Crippen LogP contribution is -2.51. The number of carbonyl (C=O) groups excluding carboxylic acids is 2. The third kappa shape index (κ3) is 7.21. The zero-order valence-electron chi connectivity index (χ0n) is 20.6. The van der Waals surface area contributed by atoms with E-state index in [-0.39, 0.29) is 18.4 Å². The summed E-state index contributed by atoms with van der Waals surface area (Å²) < 4.78 is 26.4. The number of anilines is 1. The molecule has 0 aliphatic rings. The van der Waals surface area contributed by atoms with Crippen molar-refractivity contribution >= 4 is 39.1 Å². The largest absolute Gasteiger partial charge is 0.354 e. The van der Waals surface area contributed by atoms with Crippen molar-refractivity contribution in [1.29, 1.82) is 0 Å². The summed E-state index contributed by atoms with van der Waals surface area (Å²) in [5.41, 5.74) is 2.73. The molecular weight excluding hydrogens is 474 g/mol. The van der Waals surface area contributed by atoms with Crippen LogP contribution in [0.5, 0.6) is 0 Å². The standard InChI is InChI=1S/C25H34ClN3O4S/c1-17(2)14-27-25(31)20(5)28(15-21-11-8-7-10-18(21)3)24(30)16-29(34(6,32)33)23-13-9-12-22(26)19(23)4/h7-13,17,20H,14-16H2,1-6H3,(H,27,31). The van der Waals surface area contributed by atoms with E-state index in [0.717, 1.165) is 21.7 Å². The van der Waals surface area contributed by atoms with Crippen LogP contribution in [-0.2, 0) is 26.2 Å². The summed E-state index contributed by atoms with van der Waals surface area (Å²) in [6.07, 6.45) is 1.05. The number of nitrogens with zero attached hydrogens (tertiary/aromatic N) is 2. The Balaban J connectivity index is 2.43. The topological polar surface area (TPSA) is 86.8 Å². The molecule has 1 unspecified atom stereocenters. The first-order valence-corrected chi connectivity index (χ1v) is 13.4. The van der Waals surface area contributed by atoms with E-state index in [2.05, 4.69) is 5.32 Å². The zero-order valence-corrected chi connectivity index (χ0v) is 22.2. The van der Waals surface area contributed by atoms with Crippen LogP contribution in [0.2, 0.25) is 5.02 Å². The van der Waals surface area contributed by atoms with Gasteiger partial charge in [0.2, 0.25) is 21.8 Å². The number of carbonyl (C=O) groups is 2. The number of halogens is 1. The molecule has 0 radical (unpaired) electrons. The van der Waals surface area contributed by atoms with Crippen molar-refractivity contribution < 1.29 is 18.0 Å². The summed E-state index contributed by atoms with van der Waals surface area (Å²) in [6.45, 7) is 9.46. The molecule has 0 aromatic heterocycles. The van der Waals surface area contributed by atoms with E-state index < -0.39 is 28.5 Å². The maximum atomic E-state index is 13.6. The lowest BCUT2D eigenvalue weighted by molar-refractivity contribution is -0.139. The van der Waals surface area contributed by atoms with Crippen LogP contribution < -0.4 is 9.62 Å². The SMILES string of the molecule is Cc1ccccc1CN(C(=O)CN(c1cccc(Cl)c1C)S(C)(=O)=O)C(C)C(=O)NCC(C)C. The number of benzene rings is 2. The number of hydrogen-bond acceptors (Lipinski definition) is 4. The third-order valence-electron chi connectivity index (χ3n) is 5.64. The first kappa shape index (κ1) is 27.7. The van der Waals surface area contributed by atoms with Gasteiger partial charge in [-0.25, -0.2) is 8.42 Å². The Morgan fingerprint density at radius 1 is 1.03 bits per heavy atom. The predicted molar refractivity (Wildman–Crippen MR) is 137 cm³/mol. The van der Waals surface area contributed by atoms with Crippen LogP contribution in [0.3, 0.4) is 0 Å². The van der Waals surface area contributed by atoms with Gasteiger partial charge in [-0.1, -0.05) is 55.8 Å². The van der Waals surface area contributed by atoms with E-state index in [1.807, 2.05) is 45.0 Å². The molecule has 9 heteroatoms. The van der Waals surface area contributed by atoms with Gasteiger partial charge in [-0.2, -0.15) is 0 Å². The van der Waals surface area contributed by atoms with Gasteiger partial charge in [0, 0.05) is 18.1 Å². The average Bonchev–Trinajstić information content (AvgIpc) is 2.76. The number of rotatable bonds is 10. The number of amides is 2. The Morgan fingerprint density at radius 3 is 2.26 bits per heavy atom. The number of nitrogens with one attached hydrogen (secondary N) is 1. The molecule has 0 saturated carbocycles. The molecule has 2 amide bonds. The fourth-order valence-corrected chi connectivity index (χ4v) is 4.54. The molecule has 7 nitrogen and oxygen atoms in total. The van der Waals surface area contributed by atoms with Crippen molar-refractivity contribution in [2.75, 3.05) is 23.7 Å². The van der Waals surface area contributed by atoms with Crippen LogP contribution in [0.4, 0.5) is 5.69 Å². The molecule has 2 aromatic carbocycles. The fraction of sp³-hybridized carbons (Fsp3) is 0.440. The molecule has 0 heterocycles. The molecule has 0 aliphatic carbocycles. The fourth-order valence-electron chi connectivity index (χ4n) is 3.47. The van der Waals surface area contributed by atoms with Crippen LogP contribution in [0.1, 0.15) is 37.5 Å². The normalized spacial score (nSPS) is 12.4. The van der Waals surface area contributed by atoms with Crippen LogP contribution in [0.15, 0.2) is 42.5 Å². The average molecular weight is 508 g/mol. The Bertz CT molecular complexity index is 1130. The van der Waals surface area contributed by atoms with Gasteiger partial charge in [-0.05, 0) is 55.5 Å². The van der Waals surface area contributed by atoms with Crippen LogP contribution in [0.25, 0.3) is 0 Å². The molecule has 186 valence electrons. The Hall–Kier alpha value is -2.58. The first-order chi connectivity index (χ1) is 15.8. The second-order valence-corrected chi connectivity index (χ2v) is 11.2. The van der Waals surface area contributed by atoms with Gasteiger partial charge in [0.1, 0.15) is 12.6 Å². The lowest BCUT2D eigenvalue weighted by atomic mass is 10.1. The van der Waals surface area contributed by atoms with Crippen LogP contribution in [0, 0.1) is 19.8 Å². The smallest absolute Gasteiger partial charge is 0.244 e. The Kier molecular flexibility index (Phi) is 9.53. The minimum absolute atomic E-state index is 0.175. The maximum Gasteiger partial charge on any atom is 0.244 e. The molecule has 1 N–H and O–H groups in total. The molecule has 0 aliphatic heterocycles. The number of aryl methyl sites for hydroxylation is 1. The summed E-state index contributed by atoms with van der Waals surface area (Å²) in [6, 6.07) is 11.7. The molecule has 2 aromatic rings. The molecular formula is C25H34ClN3O4S. The van der Waals surface area contributed by atoms with E-state index in [0.29, 0.717) is 22.8 Å². The van der Waals surface area contributed by atoms with Crippen molar-refractivity contribution in [2.45, 2.75) is 47.2 Å². The maximum absolute atomic E-state index is 13.6. The van der Waals surface area contributed by atoms with E-state index in [1.54, 1.807) is 32.0 Å². The van der Waals surface area contributed by atoms with Crippen LogP contribution in [-0.4, -0.2) is 50.5 Å². The van der Waals surface area contributed by atoms with Gasteiger partial charge in [0.25, 0.3) is 0 Å². The van der Waals surface area contributed by atoms with Gasteiger partial charge in [-0.3, -0.25) is 13.9 Å². The van der Waals surface area contributed by atoms with E-state index >= 15 is 0 Å². The monoisotopic (exact) mass is 507 g/mol. The van der Waals surface area contributed by atoms with E-state index in [9.17, 15) is 18.0 Å². The summed E-state index contributed by atoms with van der Waals surface area (Å²) in [5.74, 6) is -0.524. The van der Waals surface area contributed by atoms with Crippen molar-refractivity contribution in [3.8, 4) is 0 Å². The Morgan fingerprint density at radius 2 is 1.68 bits per heavy atom. The second-order valence-electron chi connectivity index (χ2n) is 8.92. The van der Waals surface area contributed by atoms with Crippen molar-refractivity contribution in [3.05, 3.63) is 64.2 Å². The highest BCUT2D eigenvalue weighted by Gasteiger charge is 2.31. The molecule has 34 heavy (non-hydrogen) atoms. The minimum Gasteiger partial charge on any atom is -0.354 e. The van der Waals surface area contributed by atoms with Gasteiger partial charge in [0.05, 0.1) is 11.9 Å². The minimum atomic E-state index is -3.81. The van der Waals surface area contributed by atoms with E-state index in [4.69, 9.17) is 11.6 Å². The Labute approximate surface area is 208 Å². The summed E-state index contributed by atoms with van der Waals surface area (Å²) in [4.78, 5) is 27.9. The summed E-state index contributed by atoms with van der Waals surface area (Å²) in [7, 11) is -3.81. The molecule has 2 rings (SSSR count). The van der Waals surface area contributed by atoms with Gasteiger partial charge < -0.3 is 10.2 Å². The predicted octanol–water partition coefficient (Wildman–Crippen LogP) is 3.91. The quantitative estimate of drug-likeness (QED) is 0.528. The lowest BCUT2D eigenvalue weighted by Gasteiger charge is -2.32. The van der Waals surface area contributed by atoms with Gasteiger partial charge in [-0.15, -0.1) is 0 Å². The molecule has 0 fully saturated rings.